The van der Waals surface area contributed by atoms with E-state index in [1.165, 1.54) is 32.1 Å². The highest BCUT2D eigenvalue weighted by atomic mass is 18.0. The molecule has 0 aromatic heterocycles. The first-order valence-electron chi connectivity index (χ1n) is 9.07. The van der Waals surface area contributed by atoms with E-state index in [1.807, 2.05) is 0 Å². The SMILES string of the molecule is C=C(CCCCCCCCC)OOOOOOOOOOOOc1ccccc1. The highest BCUT2D eigenvalue weighted by Crippen LogP contribution is 2.12. The van der Waals surface area contributed by atoms with E-state index in [4.69, 9.17) is 0 Å². The van der Waals surface area contributed by atoms with Gasteiger partial charge in [0.05, 0.1) is 0 Å². The number of hydrogen-bond acceptors (Lipinski definition) is 12. The van der Waals surface area contributed by atoms with Crippen LogP contribution in [0.4, 0.5) is 0 Å². The number of benzene rings is 1. The molecule has 0 radical (unpaired) electrons. The monoisotopic (exact) mass is 422 g/mol. The fraction of sp³-hybridized carbons (Fsp3) is 0.529. The Balaban J connectivity index is 1.74. The molecule has 1 aromatic carbocycles. The molecule has 0 unspecified atom stereocenters. The molecule has 0 N–H and O–H groups in total. The van der Waals surface area contributed by atoms with Crippen molar-refractivity contribution < 1.29 is 60.2 Å². The maximum absolute atomic E-state index is 4.67. The summed E-state index contributed by atoms with van der Waals surface area (Å²) >= 11 is 0. The molecule has 166 valence electrons. The first kappa shape index (κ1) is 25.2. The molecule has 0 fully saturated rings. The second-order valence-electron chi connectivity index (χ2n) is 5.57. The van der Waals surface area contributed by atoms with Crippen LogP contribution >= 0.6 is 0 Å². The summed E-state index contributed by atoms with van der Waals surface area (Å²) in [6.07, 6.45) is 8.86. The van der Waals surface area contributed by atoms with E-state index < -0.39 is 0 Å². The molecule has 29 heavy (non-hydrogen) atoms. The Bertz CT molecular complexity index is 487. The lowest BCUT2D eigenvalue weighted by atomic mass is 10.1. The Kier molecular flexibility index (Phi) is 16.9. The quantitative estimate of drug-likeness (QED) is 0.115. The molecule has 0 saturated heterocycles. The highest BCUT2D eigenvalue weighted by Gasteiger charge is 2.01. The van der Waals surface area contributed by atoms with Crippen molar-refractivity contribution in [2.75, 3.05) is 0 Å². The summed E-state index contributed by atoms with van der Waals surface area (Å²) in [6, 6.07) is 8.42. The third-order valence-electron chi connectivity index (χ3n) is 3.33. The number of allylic oxidation sites excluding steroid dienone is 1. The van der Waals surface area contributed by atoms with Crippen LogP contribution in [0.25, 0.3) is 0 Å². The van der Waals surface area contributed by atoms with Crippen LogP contribution in [0.15, 0.2) is 42.7 Å². The van der Waals surface area contributed by atoms with Crippen LogP contribution < -0.4 is 4.89 Å². The van der Waals surface area contributed by atoms with Crippen molar-refractivity contribution in [3.63, 3.8) is 0 Å². The van der Waals surface area contributed by atoms with E-state index in [0.717, 1.165) is 12.8 Å². The number of hydrogen-bond donors (Lipinski definition) is 0. The van der Waals surface area contributed by atoms with Gasteiger partial charge in [-0.3, -0.25) is 0 Å². The standard InChI is InChI=1S/C17H26O12/c1-3-4-5-6-7-8-10-13-16(2)18-20-22-24-26-28-29-27-25-23-21-19-17-14-11-9-12-15-17/h9,11-12,14-15H,2-8,10,13H2,1H3. The fourth-order valence-corrected chi connectivity index (χ4v) is 2.00. The normalized spacial score (nSPS) is 10.8. The van der Waals surface area contributed by atoms with Crippen LogP contribution in [-0.2, 0) is 55.3 Å². The second-order valence-corrected chi connectivity index (χ2v) is 5.57. The van der Waals surface area contributed by atoms with Crippen LogP contribution in [0.5, 0.6) is 5.75 Å². The molecule has 12 heteroatoms. The van der Waals surface area contributed by atoms with Gasteiger partial charge in [0, 0.05) is 56.8 Å². The summed E-state index contributed by atoms with van der Waals surface area (Å²) in [4.78, 5) is 9.28. The molecule has 0 aliphatic carbocycles. The molecule has 0 aliphatic rings. The van der Waals surface area contributed by atoms with Gasteiger partial charge in [-0.05, 0) is 18.6 Å². The first-order valence-corrected chi connectivity index (χ1v) is 9.07. The number of unbranched alkanes of at least 4 members (excludes halogenated alkanes) is 6. The van der Waals surface area contributed by atoms with Crippen molar-refractivity contribution in [3.05, 3.63) is 42.7 Å². The van der Waals surface area contributed by atoms with Crippen LogP contribution in [0.1, 0.15) is 58.3 Å². The zero-order chi connectivity index (χ0) is 20.8. The van der Waals surface area contributed by atoms with Crippen LogP contribution in [0, 0.1) is 0 Å². The van der Waals surface area contributed by atoms with Gasteiger partial charge in [-0.15, -0.1) is 0 Å². The molecule has 0 aliphatic heterocycles. The maximum atomic E-state index is 4.67. The van der Waals surface area contributed by atoms with Gasteiger partial charge in [0.1, 0.15) is 5.76 Å². The Hall–Kier alpha value is -1.84. The summed E-state index contributed by atoms with van der Waals surface area (Å²) in [5.74, 6) is 0.723. The second kappa shape index (κ2) is 19.5. The minimum atomic E-state index is 0.356. The molecule has 0 saturated carbocycles. The summed E-state index contributed by atoms with van der Waals surface area (Å²) in [7, 11) is 0. The van der Waals surface area contributed by atoms with Gasteiger partial charge in [-0.25, -0.2) is 0 Å². The third kappa shape index (κ3) is 16.8. The summed E-state index contributed by atoms with van der Waals surface area (Å²) < 4.78 is 0. The predicted molar refractivity (Wildman–Crippen MR) is 90.8 cm³/mol. The molecule has 0 atom stereocenters. The van der Waals surface area contributed by atoms with Crippen molar-refractivity contribution in [1.82, 2.24) is 0 Å². The van der Waals surface area contributed by atoms with E-state index in [-0.39, 0.29) is 0 Å². The maximum Gasteiger partial charge on any atom is 0.168 e. The van der Waals surface area contributed by atoms with Crippen LogP contribution in [-0.4, -0.2) is 0 Å². The molecule has 0 spiro atoms. The molecule has 12 nitrogen and oxygen atoms in total. The largest absolute Gasteiger partial charge is 0.311 e. The molecule has 0 bridgehead atoms. The van der Waals surface area contributed by atoms with Crippen molar-refractivity contribution >= 4 is 0 Å². The van der Waals surface area contributed by atoms with Gasteiger partial charge in [0.2, 0.25) is 0 Å². The van der Waals surface area contributed by atoms with Crippen LogP contribution in [0.3, 0.4) is 0 Å². The van der Waals surface area contributed by atoms with Crippen molar-refractivity contribution in [2.24, 2.45) is 0 Å². The molecule has 0 amide bonds. The smallest absolute Gasteiger partial charge is 0.168 e. The zero-order valence-corrected chi connectivity index (χ0v) is 16.1. The first-order chi connectivity index (χ1) is 14.3. The van der Waals surface area contributed by atoms with Crippen molar-refractivity contribution in [1.29, 1.82) is 0 Å². The highest BCUT2D eigenvalue weighted by molar-refractivity contribution is 5.19. The van der Waals surface area contributed by atoms with Gasteiger partial charge in [-0.1, -0.05) is 70.2 Å². The summed E-state index contributed by atoms with van der Waals surface area (Å²) in [5.41, 5.74) is 0. The third-order valence-corrected chi connectivity index (χ3v) is 3.33. The van der Waals surface area contributed by atoms with Crippen LogP contribution in [0.2, 0.25) is 0 Å². The summed E-state index contributed by atoms with van der Waals surface area (Å²) in [5, 5.41) is 39.2. The lowest BCUT2D eigenvalue weighted by molar-refractivity contribution is -0.860. The topological polar surface area (TPSA) is 111 Å². The average Bonchev–Trinajstić information content (AvgIpc) is 2.74. The van der Waals surface area contributed by atoms with Gasteiger partial charge in [0.15, 0.2) is 5.75 Å². The summed E-state index contributed by atoms with van der Waals surface area (Å²) in [6.45, 7) is 5.84. The number of para-hydroxylation sites is 1. The van der Waals surface area contributed by atoms with E-state index in [2.05, 4.69) is 73.7 Å². The van der Waals surface area contributed by atoms with Crippen molar-refractivity contribution in [3.8, 4) is 5.75 Å². The Morgan fingerprint density at radius 1 is 0.655 bits per heavy atom. The van der Waals surface area contributed by atoms with E-state index in [9.17, 15) is 0 Å². The van der Waals surface area contributed by atoms with E-state index >= 15 is 0 Å². The minimum Gasteiger partial charge on any atom is -0.311 e. The number of rotatable bonds is 21. The van der Waals surface area contributed by atoms with Gasteiger partial charge in [0.25, 0.3) is 0 Å². The van der Waals surface area contributed by atoms with E-state index in [0.29, 0.717) is 17.9 Å². The predicted octanol–water partition coefficient (Wildman–Crippen LogP) is 4.97. The van der Waals surface area contributed by atoms with Gasteiger partial charge < -0.3 is 9.78 Å². The Labute approximate surface area is 167 Å². The molecular formula is C17H26O12. The lowest BCUT2D eigenvalue weighted by Gasteiger charge is -2.04. The Morgan fingerprint density at radius 3 is 1.79 bits per heavy atom. The molecule has 1 aromatic rings. The fourth-order valence-electron chi connectivity index (χ4n) is 2.00. The molecule has 0 heterocycles. The van der Waals surface area contributed by atoms with E-state index in [1.54, 1.807) is 30.3 Å². The zero-order valence-electron chi connectivity index (χ0n) is 16.1. The molecule has 1 rings (SSSR count). The molecular weight excluding hydrogens is 396 g/mol. The van der Waals surface area contributed by atoms with Gasteiger partial charge in [-0.2, -0.15) is 0 Å². The lowest BCUT2D eigenvalue weighted by Crippen LogP contribution is -2.05. The average molecular weight is 422 g/mol. The minimum absolute atomic E-state index is 0.356. The Morgan fingerprint density at radius 2 is 1.17 bits per heavy atom. The van der Waals surface area contributed by atoms with Gasteiger partial charge >= 0.3 is 0 Å². The van der Waals surface area contributed by atoms with Crippen molar-refractivity contribution in [2.45, 2.75) is 58.3 Å².